The van der Waals surface area contributed by atoms with Crippen LogP contribution in [0.5, 0.6) is 0 Å². The fourth-order valence-electron chi connectivity index (χ4n) is 4.03. The molecule has 0 aliphatic carbocycles. The zero-order chi connectivity index (χ0) is 27.2. The predicted octanol–water partition coefficient (Wildman–Crippen LogP) is 0.835. The maximum Gasteiger partial charge on any atom is 0.238 e. The van der Waals surface area contributed by atoms with Crippen LogP contribution in [-0.2, 0) is 27.2 Å². The SMILES string of the molecule is CN(C)c1ccc(CCC(=O)[C@H](CCc2ccccc2)NC(=O)[C@@H](N)CC(=O)N(CCN)CCN)cc1. The molecule has 0 fully saturated rings. The van der Waals surface area contributed by atoms with E-state index in [9.17, 15) is 14.4 Å². The Morgan fingerprint density at radius 2 is 1.46 bits per heavy atom. The quantitative estimate of drug-likeness (QED) is 0.261. The van der Waals surface area contributed by atoms with Crippen LogP contribution in [0.2, 0.25) is 0 Å². The number of benzene rings is 2. The lowest BCUT2D eigenvalue weighted by Crippen LogP contribution is -2.51. The van der Waals surface area contributed by atoms with Crippen LogP contribution in [0.25, 0.3) is 0 Å². The third-order valence-corrected chi connectivity index (χ3v) is 6.26. The lowest BCUT2D eigenvalue weighted by molar-refractivity contribution is -0.135. The van der Waals surface area contributed by atoms with Crippen molar-refractivity contribution in [2.75, 3.05) is 45.2 Å². The van der Waals surface area contributed by atoms with Crippen LogP contribution >= 0.6 is 0 Å². The van der Waals surface area contributed by atoms with Gasteiger partial charge in [0.15, 0.2) is 5.78 Å². The van der Waals surface area contributed by atoms with Crippen molar-refractivity contribution < 1.29 is 14.4 Å². The second-order valence-corrected chi connectivity index (χ2v) is 9.38. The molecule has 9 heteroatoms. The monoisotopic (exact) mass is 510 g/mol. The standard InChI is InChI=1S/C28H42N6O3/c1-33(2)23-12-8-22(9-13-23)11-15-26(35)25(14-10-21-6-4-3-5-7-21)32-28(37)24(31)20-27(36)34(18-16-29)19-17-30/h3-9,12-13,24-25H,10-11,14-20,29-31H2,1-2H3,(H,32,37)/t24-,25-/m0/s1. The molecule has 0 unspecified atom stereocenters. The molecule has 9 nitrogen and oxygen atoms in total. The number of nitrogens with one attached hydrogen (secondary N) is 1. The highest BCUT2D eigenvalue weighted by Crippen LogP contribution is 2.15. The molecule has 2 aromatic carbocycles. The highest BCUT2D eigenvalue weighted by atomic mass is 16.2. The van der Waals surface area contributed by atoms with Crippen molar-refractivity contribution >= 4 is 23.3 Å². The molecule has 7 N–H and O–H groups in total. The molecule has 2 amide bonds. The van der Waals surface area contributed by atoms with Crippen LogP contribution in [0.3, 0.4) is 0 Å². The lowest BCUT2D eigenvalue weighted by atomic mass is 9.97. The minimum absolute atomic E-state index is 0.0626. The van der Waals surface area contributed by atoms with Gasteiger partial charge in [0.2, 0.25) is 11.8 Å². The second-order valence-electron chi connectivity index (χ2n) is 9.38. The Morgan fingerprint density at radius 3 is 2.03 bits per heavy atom. The number of anilines is 1. The Kier molecular flexibility index (Phi) is 12.8. The van der Waals surface area contributed by atoms with Crippen LogP contribution in [0, 0.1) is 0 Å². The Bertz CT molecular complexity index is 975. The first-order valence-corrected chi connectivity index (χ1v) is 12.8. The molecule has 2 rings (SSSR count). The highest BCUT2D eigenvalue weighted by Gasteiger charge is 2.26. The number of amides is 2. The molecule has 0 heterocycles. The van der Waals surface area contributed by atoms with Gasteiger partial charge in [0, 0.05) is 52.4 Å². The minimum Gasteiger partial charge on any atom is -0.378 e. The maximum absolute atomic E-state index is 13.2. The van der Waals surface area contributed by atoms with Crippen LogP contribution in [0.4, 0.5) is 5.69 Å². The fourth-order valence-corrected chi connectivity index (χ4v) is 4.03. The van der Waals surface area contributed by atoms with Crippen molar-refractivity contribution in [2.45, 2.75) is 44.2 Å². The van der Waals surface area contributed by atoms with Gasteiger partial charge in [-0.15, -0.1) is 0 Å². The van der Waals surface area contributed by atoms with Gasteiger partial charge in [-0.05, 0) is 42.5 Å². The first kappa shape index (κ1) is 30.0. The van der Waals surface area contributed by atoms with E-state index in [1.54, 1.807) is 0 Å². The van der Waals surface area contributed by atoms with Gasteiger partial charge in [-0.1, -0.05) is 42.5 Å². The van der Waals surface area contributed by atoms with E-state index in [1.165, 1.54) is 4.90 Å². The van der Waals surface area contributed by atoms with Gasteiger partial charge >= 0.3 is 0 Å². The number of rotatable bonds is 16. The van der Waals surface area contributed by atoms with E-state index in [2.05, 4.69) is 5.32 Å². The van der Waals surface area contributed by atoms with Crippen molar-refractivity contribution in [1.82, 2.24) is 10.2 Å². The molecule has 0 aliphatic heterocycles. The number of carbonyl (C=O) groups excluding carboxylic acids is 3. The summed E-state index contributed by atoms with van der Waals surface area (Å²) in [6, 6.07) is 16.1. The molecule has 0 saturated carbocycles. The molecule has 0 saturated heterocycles. The van der Waals surface area contributed by atoms with Crippen LogP contribution in [0.15, 0.2) is 54.6 Å². The summed E-state index contributed by atoms with van der Waals surface area (Å²) in [5.41, 5.74) is 20.4. The third kappa shape index (κ3) is 10.3. The number of hydrogen-bond acceptors (Lipinski definition) is 7. The van der Waals surface area contributed by atoms with Gasteiger partial charge in [0.25, 0.3) is 0 Å². The second kappa shape index (κ2) is 15.8. The average Bonchev–Trinajstić information content (AvgIpc) is 2.90. The number of Topliss-reactive ketones (excluding diaryl/α,β-unsaturated/α-hetero) is 1. The summed E-state index contributed by atoms with van der Waals surface area (Å²) in [7, 11) is 3.95. The van der Waals surface area contributed by atoms with Crippen LogP contribution < -0.4 is 27.4 Å². The van der Waals surface area contributed by atoms with E-state index in [0.717, 1.165) is 16.8 Å². The molecule has 2 atom stereocenters. The third-order valence-electron chi connectivity index (χ3n) is 6.26. The first-order chi connectivity index (χ1) is 17.7. The van der Waals surface area contributed by atoms with Gasteiger partial charge in [-0.3, -0.25) is 14.4 Å². The normalized spacial score (nSPS) is 12.5. The fraction of sp³-hybridized carbons (Fsp3) is 0.464. The van der Waals surface area contributed by atoms with Gasteiger partial charge in [0.1, 0.15) is 0 Å². The van der Waals surface area contributed by atoms with Crippen LogP contribution in [0.1, 0.15) is 30.4 Å². The number of ketones is 1. The summed E-state index contributed by atoms with van der Waals surface area (Å²) in [4.78, 5) is 42.2. The van der Waals surface area contributed by atoms with Gasteiger partial charge in [0.05, 0.1) is 18.5 Å². The summed E-state index contributed by atoms with van der Waals surface area (Å²) in [5, 5.41) is 2.82. The molecule has 0 radical (unpaired) electrons. The number of carbonyl (C=O) groups is 3. The number of nitrogens with zero attached hydrogens (tertiary/aromatic N) is 2. The van der Waals surface area contributed by atoms with E-state index in [1.807, 2.05) is 73.6 Å². The van der Waals surface area contributed by atoms with Gasteiger partial charge in [-0.2, -0.15) is 0 Å². The minimum atomic E-state index is -1.07. The Balaban J connectivity index is 2.03. The average molecular weight is 511 g/mol. The van der Waals surface area contributed by atoms with Gasteiger partial charge in [-0.25, -0.2) is 0 Å². The number of nitrogens with two attached hydrogens (primary N) is 3. The number of aryl methyl sites for hydroxylation is 2. The van der Waals surface area contributed by atoms with Gasteiger partial charge < -0.3 is 32.3 Å². The molecular formula is C28H42N6O3. The smallest absolute Gasteiger partial charge is 0.238 e. The highest BCUT2D eigenvalue weighted by molar-refractivity contribution is 5.93. The zero-order valence-corrected chi connectivity index (χ0v) is 22.1. The van der Waals surface area contributed by atoms with Crippen LogP contribution in [-0.4, -0.2) is 74.9 Å². The van der Waals surface area contributed by atoms with Crippen molar-refractivity contribution in [2.24, 2.45) is 17.2 Å². The molecule has 0 spiro atoms. The Morgan fingerprint density at radius 1 is 0.865 bits per heavy atom. The van der Waals surface area contributed by atoms with Crippen molar-refractivity contribution in [3.05, 3.63) is 65.7 Å². The molecular weight excluding hydrogens is 468 g/mol. The lowest BCUT2D eigenvalue weighted by Gasteiger charge is -2.24. The van der Waals surface area contributed by atoms with Crippen molar-refractivity contribution in [1.29, 1.82) is 0 Å². The summed E-state index contributed by atoms with van der Waals surface area (Å²) in [5.74, 6) is -0.866. The molecule has 2 aromatic rings. The van der Waals surface area contributed by atoms with E-state index >= 15 is 0 Å². The summed E-state index contributed by atoms with van der Waals surface area (Å²) in [6.07, 6.45) is 1.76. The summed E-state index contributed by atoms with van der Waals surface area (Å²) in [6.45, 7) is 1.28. The van der Waals surface area contributed by atoms with E-state index in [-0.39, 0.29) is 24.5 Å². The maximum atomic E-state index is 13.2. The Labute approximate surface area is 220 Å². The van der Waals surface area contributed by atoms with E-state index in [4.69, 9.17) is 17.2 Å². The predicted molar refractivity (Wildman–Crippen MR) is 148 cm³/mol. The largest absolute Gasteiger partial charge is 0.378 e. The van der Waals surface area contributed by atoms with Crippen molar-refractivity contribution in [3.63, 3.8) is 0 Å². The molecule has 0 aromatic heterocycles. The zero-order valence-electron chi connectivity index (χ0n) is 22.1. The molecule has 0 bridgehead atoms. The Hall–Kier alpha value is -3.27. The van der Waals surface area contributed by atoms with E-state index < -0.39 is 18.0 Å². The molecule has 0 aliphatic rings. The van der Waals surface area contributed by atoms with Crippen molar-refractivity contribution in [3.8, 4) is 0 Å². The number of hydrogen-bond donors (Lipinski definition) is 4. The van der Waals surface area contributed by atoms with E-state index in [0.29, 0.717) is 45.4 Å². The topological polar surface area (TPSA) is 148 Å². The first-order valence-electron chi connectivity index (χ1n) is 12.8. The summed E-state index contributed by atoms with van der Waals surface area (Å²) < 4.78 is 0. The summed E-state index contributed by atoms with van der Waals surface area (Å²) >= 11 is 0. The molecule has 37 heavy (non-hydrogen) atoms. The molecule has 202 valence electrons.